The number of carbonyl (C=O) groups is 2. The van der Waals surface area contributed by atoms with E-state index < -0.39 is 11.7 Å². The number of thiazole rings is 2. The third-order valence-electron chi connectivity index (χ3n) is 8.25. The van der Waals surface area contributed by atoms with Gasteiger partial charge in [-0.3, -0.25) is 29.6 Å². The summed E-state index contributed by atoms with van der Waals surface area (Å²) in [6, 6.07) is 29.0. The first-order valence-electron chi connectivity index (χ1n) is 16.7. The van der Waals surface area contributed by atoms with Gasteiger partial charge in [0.15, 0.2) is 10.3 Å². The van der Waals surface area contributed by atoms with Crippen LogP contribution in [0, 0.1) is 17.5 Å². The molecule has 280 valence electrons. The summed E-state index contributed by atoms with van der Waals surface area (Å²) >= 11 is 8.58. The number of carbonyl (C=O) groups excluding carboxylic acids is 2. The van der Waals surface area contributed by atoms with Crippen LogP contribution in [0.25, 0.3) is 43.7 Å². The molecule has 0 aliphatic carbocycles. The Morgan fingerprint density at radius 2 is 1.00 bits per heavy atom. The Labute approximate surface area is 330 Å². The molecule has 0 saturated heterocycles. The van der Waals surface area contributed by atoms with E-state index in [1.165, 1.54) is 53.0 Å². The first-order valence-corrected chi connectivity index (χ1v) is 18.7. The Balaban J connectivity index is 0.000000172. The van der Waals surface area contributed by atoms with Crippen LogP contribution in [0.3, 0.4) is 0 Å². The van der Waals surface area contributed by atoms with Crippen LogP contribution >= 0.6 is 34.3 Å². The Hall–Kier alpha value is -6.42. The maximum absolute atomic E-state index is 14.0. The van der Waals surface area contributed by atoms with E-state index in [0.29, 0.717) is 43.4 Å². The van der Waals surface area contributed by atoms with Crippen molar-refractivity contribution in [2.75, 3.05) is 10.6 Å². The fourth-order valence-corrected chi connectivity index (χ4v) is 7.46. The van der Waals surface area contributed by atoms with Crippen molar-refractivity contribution in [1.82, 2.24) is 29.5 Å². The summed E-state index contributed by atoms with van der Waals surface area (Å²) in [6.07, 6.45) is 3.23. The predicted molar refractivity (Wildman–Crippen MR) is 213 cm³/mol. The Morgan fingerprint density at radius 3 is 1.46 bits per heavy atom. The molecule has 0 bridgehead atoms. The van der Waals surface area contributed by atoms with E-state index in [9.17, 15) is 22.8 Å². The minimum absolute atomic E-state index is 0.0541. The molecule has 56 heavy (non-hydrogen) atoms. The molecule has 0 spiro atoms. The lowest BCUT2D eigenvalue weighted by Gasteiger charge is -2.03. The van der Waals surface area contributed by atoms with Gasteiger partial charge in [0.05, 0.1) is 48.7 Å². The van der Waals surface area contributed by atoms with Gasteiger partial charge < -0.3 is 0 Å². The molecule has 10 nitrogen and oxygen atoms in total. The second kappa shape index (κ2) is 16.5. The number of aryl methyl sites for hydroxylation is 2. The zero-order valence-electron chi connectivity index (χ0n) is 29.4. The highest BCUT2D eigenvalue weighted by molar-refractivity contribution is 7.19. The maximum atomic E-state index is 14.0. The van der Waals surface area contributed by atoms with Crippen LogP contribution in [0.5, 0.6) is 0 Å². The SMILES string of the molecule is Cn1nc(-c2ccccc2F)cc1-c1cnc(NC(=O)c2ccccc2Cl)s1.Cn1nc(-c2ccccc2F)cc1-c1cnc(NC(=O)c2ccccc2F)s1. The van der Waals surface area contributed by atoms with Crippen molar-refractivity contribution in [3.63, 3.8) is 0 Å². The van der Waals surface area contributed by atoms with Gasteiger partial charge in [-0.1, -0.05) is 82.8 Å². The van der Waals surface area contributed by atoms with Crippen LogP contribution in [0.2, 0.25) is 5.02 Å². The van der Waals surface area contributed by atoms with E-state index in [4.69, 9.17) is 11.6 Å². The molecule has 4 heterocycles. The highest BCUT2D eigenvalue weighted by Gasteiger charge is 2.18. The summed E-state index contributed by atoms with van der Waals surface area (Å²) in [5.74, 6) is -2.18. The summed E-state index contributed by atoms with van der Waals surface area (Å²) in [7, 11) is 3.53. The third-order valence-corrected chi connectivity index (χ3v) is 10.5. The van der Waals surface area contributed by atoms with Crippen molar-refractivity contribution >= 4 is 56.4 Å². The van der Waals surface area contributed by atoms with Crippen molar-refractivity contribution < 1.29 is 22.8 Å². The molecule has 2 amide bonds. The molecule has 0 aliphatic heterocycles. The summed E-state index contributed by atoms with van der Waals surface area (Å²) < 4.78 is 45.1. The van der Waals surface area contributed by atoms with E-state index in [-0.39, 0.29) is 23.1 Å². The van der Waals surface area contributed by atoms with Gasteiger partial charge in [0.25, 0.3) is 11.8 Å². The highest BCUT2D eigenvalue weighted by atomic mass is 35.5. The summed E-state index contributed by atoms with van der Waals surface area (Å²) in [5, 5.41) is 15.3. The summed E-state index contributed by atoms with van der Waals surface area (Å²) in [6.45, 7) is 0. The van der Waals surface area contributed by atoms with Crippen LogP contribution in [-0.2, 0) is 14.1 Å². The number of anilines is 2. The van der Waals surface area contributed by atoms with Gasteiger partial charge >= 0.3 is 0 Å². The van der Waals surface area contributed by atoms with Gasteiger partial charge in [0.2, 0.25) is 0 Å². The van der Waals surface area contributed by atoms with Crippen molar-refractivity contribution in [2.45, 2.75) is 0 Å². The molecular formula is C40H28ClF3N8O2S2. The fraction of sp³-hybridized carbons (Fsp3) is 0.0500. The molecule has 16 heteroatoms. The first kappa shape index (κ1) is 37.9. The van der Waals surface area contributed by atoms with Crippen LogP contribution in [-0.4, -0.2) is 41.3 Å². The van der Waals surface area contributed by atoms with Crippen LogP contribution in [0.4, 0.5) is 23.4 Å². The Bertz CT molecular complexity index is 2520. The molecule has 2 N–H and O–H groups in total. The molecule has 0 fully saturated rings. The standard InChI is InChI=1S/C20H14ClFN4OS.C20H14F2N4OS/c1-26-17(10-16(25-26)13-7-3-5-9-15(13)22)18-11-23-20(28-18)24-19(27)12-6-2-4-8-14(12)21;1-26-17(10-16(25-26)12-6-2-4-8-14(12)21)18-11-23-20(28-18)24-19(27)13-7-3-5-9-15(13)22/h2*2-11H,1H3,(H,23,24,27). The minimum Gasteiger partial charge on any atom is -0.298 e. The third kappa shape index (κ3) is 8.29. The van der Waals surface area contributed by atoms with Gasteiger partial charge in [0.1, 0.15) is 17.5 Å². The predicted octanol–water partition coefficient (Wildman–Crippen LogP) is 10.00. The molecule has 4 aromatic heterocycles. The minimum atomic E-state index is -0.599. The molecular weight excluding hydrogens is 781 g/mol. The van der Waals surface area contributed by atoms with Crippen molar-refractivity contribution in [1.29, 1.82) is 0 Å². The maximum Gasteiger partial charge on any atom is 0.260 e. The number of halogens is 4. The number of amides is 2. The lowest BCUT2D eigenvalue weighted by atomic mass is 10.1. The van der Waals surface area contributed by atoms with Gasteiger partial charge in [-0.15, -0.1) is 0 Å². The molecule has 4 aromatic carbocycles. The van der Waals surface area contributed by atoms with E-state index in [0.717, 1.165) is 21.1 Å². The van der Waals surface area contributed by atoms with Crippen LogP contribution in [0.1, 0.15) is 20.7 Å². The molecule has 0 atom stereocenters. The van der Waals surface area contributed by atoms with E-state index in [2.05, 4.69) is 30.8 Å². The number of aromatic nitrogens is 6. The number of nitrogens with one attached hydrogen (secondary N) is 2. The zero-order chi connectivity index (χ0) is 39.3. The normalized spacial score (nSPS) is 10.8. The smallest absolute Gasteiger partial charge is 0.260 e. The number of nitrogens with zero attached hydrogens (tertiary/aromatic N) is 6. The van der Waals surface area contributed by atoms with Crippen LogP contribution in [0.15, 0.2) is 122 Å². The van der Waals surface area contributed by atoms with Gasteiger partial charge in [0, 0.05) is 37.6 Å². The second-order valence-electron chi connectivity index (χ2n) is 12.0. The molecule has 0 radical (unpaired) electrons. The van der Waals surface area contributed by atoms with Gasteiger partial charge in [-0.25, -0.2) is 23.1 Å². The zero-order valence-corrected chi connectivity index (χ0v) is 31.8. The van der Waals surface area contributed by atoms with E-state index in [1.54, 1.807) is 115 Å². The van der Waals surface area contributed by atoms with E-state index >= 15 is 0 Å². The molecule has 0 saturated carbocycles. The topological polar surface area (TPSA) is 120 Å². The molecule has 8 aromatic rings. The second-order valence-corrected chi connectivity index (χ2v) is 14.4. The Kier molecular flexibility index (Phi) is 11.2. The van der Waals surface area contributed by atoms with Crippen molar-refractivity contribution in [3.8, 4) is 43.7 Å². The lowest BCUT2D eigenvalue weighted by Crippen LogP contribution is -2.13. The highest BCUT2D eigenvalue weighted by Crippen LogP contribution is 2.34. The summed E-state index contributed by atoms with van der Waals surface area (Å²) in [5.41, 5.74) is 3.69. The van der Waals surface area contributed by atoms with Crippen molar-refractivity contribution in [2.24, 2.45) is 14.1 Å². The van der Waals surface area contributed by atoms with Gasteiger partial charge in [-0.2, -0.15) is 10.2 Å². The average molecular weight is 809 g/mol. The Morgan fingerprint density at radius 1 is 0.589 bits per heavy atom. The number of hydrogen-bond acceptors (Lipinski definition) is 8. The van der Waals surface area contributed by atoms with Crippen molar-refractivity contribution in [3.05, 3.63) is 155 Å². The monoisotopic (exact) mass is 808 g/mol. The van der Waals surface area contributed by atoms with Crippen LogP contribution < -0.4 is 10.6 Å². The lowest BCUT2D eigenvalue weighted by molar-refractivity contribution is 0.101. The summed E-state index contributed by atoms with van der Waals surface area (Å²) in [4.78, 5) is 34.6. The average Bonchev–Trinajstić information content (AvgIpc) is 4.00. The fourth-order valence-electron chi connectivity index (χ4n) is 5.52. The largest absolute Gasteiger partial charge is 0.298 e. The first-order chi connectivity index (χ1) is 27.0. The van der Waals surface area contributed by atoms with E-state index in [1.807, 2.05) is 0 Å². The van der Waals surface area contributed by atoms with Gasteiger partial charge in [-0.05, 0) is 60.7 Å². The quantitative estimate of drug-likeness (QED) is 0.158. The molecule has 0 aliphatic rings. The number of rotatable bonds is 8. The molecule has 8 rings (SSSR count). The number of benzene rings is 4. The molecule has 0 unspecified atom stereocenters. The number of hydrogen-bond donors (Lipinski definition) is 2.